The summed E-state index contributed by atoms with van der Waals surface area (Å²) in [5.41, 5.74) is 2.73. The fourth-order valence-corrected chi connectivity index (χ4v) is 3.45. The molecule has 140 valence electrons. The summed E-state index contributed by atoms with van der Waals surface area (Å²) in [5, 5.41) is 11.0. The summed E-state index contributed by atoms with van der Waals surface area (Å²) in [6.07, 6.45) is 2.32. The summed E-state index contributed by atoms with van der Waals surface area (Å²) in [4.78, 5) is 37.4. The SMILES string of the molecule is O=C(c1ccc(=O)n(Cc2cccc([N+](=O)[O-])c2)c1)N1CCc2ccccc21. The van der Waals surface area contributed by atoms with Crippen LogP contribution >= 0.6 is 0 Å². The van der Waals surface area contributed by atoms with Crippen LogP contribution < -0.4 is 10.5 Å². The van der Waals surface area contributed by atoms with Crippen molar-refractivity contribution in [3.63, 3.8) is 0 Å². The highest BCUT2D eigenvalue weighted by Gasteiger charge is 2.25. The van der Waals surface area contributed by atoms with Gasteiger partial charge in [0.25, 0.3) is 17.2 Å². The monoisotopic (exact) mass is 375 g/mol. The standard InChI is InChI=1S/C21H17N3O4/c25-20-9-8-17(21(26)23-11-10-16-5-1-2-7-19(16)23)14-22(20)13-15-4-3-6-18(12-15)24(27)28/h1-9,12,14H,10-11,13H2. The van der Waals surface area contributed by atoms with Crippen LogP contribution in [0.5, 0.6) is 0 Å². The molecule has 0 aliphatic carbocycles. The number of hydrogen-bond acceptors (Lipinski definition) is 4. The number of carbonyl (C=O) groups excluding carboxylic acids is 1. The van der Waals surface area contributed by atoms with Crippen LogP contribution in [-0.2, 0) is 13.0 Å². The van der Waals surface area contributed by atoms with E-state index < -0.39 is 4.92 Å². The molecule has 1 aliphatic heterocycles. The lowest BCUT2D eigenvalue weighted by atomic mass is 10.1. The van der Waals surface area contributed by atoms with Crippen LogP contribution in [0.4, 0.5) is 11.4 Å². The van der Waals surface area contributed by atoms with Gasteiger partial charge in [-0.1, -0.05) is 30.3 Å². The third-order valence-electron chi connectivity index (χ3n) is 4.84. The van der Waals surface area contributed by atoms with Gasteiger partial charge in [0.2, 0.25) is 0 Å². The quantitative estimate of drug-likeness (QED) is 0.518. The van der Waals surface area contributed by atoms with Gasteiger partial charge in [-0.2, -0.15) is 0 Å². The number of benzene rings is 2. The number of fused-ring (bicyclic) bond motifs is 1. The summed E-state index contributed by atoms with van der Waals surface area (Å²) in [5.74, 6) is -0.169. The first-order valence-electron chi connectivity index (χ1n) is 8.86. The number of hydrogen-bond donors (Lipinski definition) is 0. The van der Waals surface area contributed by atoms with E-state index in [0.29, 0.717) is 17.7 Å². The molecule has 3 aromatic rings. The third kappa shape index (κ3) is 3.29. The molecule has 0 saturated heterocycles. The molecule has 7 heteroatoms. The molecule has 0 fully saturated rings. The van der Waals surface area contributed by atoms with Crippen molar-refractivity contribution in [1.82, 2.24) is 4.57 Å². The van der Waals surface area contributed by atoms with Gasteiger partial charge in [0, 0.05) is 36.6 Å². The Morgan fingerprint density at radius 3 is 2.71 bits per heavy atom. The van der Waals surface area contributed by atoms with E-state index in [0.717, 1.165) is 17.7 Å². The zero-order valence-corrected chi connectivity index (χ0v) is 14.9. The van der Waals surface area contributed by atoms with Gasteiger partial charge in [-0.15, -0.1) is 0 Å². The maximum absolute atomic E-state index is 13.0. The second-order valence-electron chi connectivity index (χ2n) is 6.65. The summed E-state index contributed by atoms with van der Waals surface area (Å²) in [7, 11) is 0. The average Bonchev–Trinajstić information content (AvgIpc) is 3.13. The number of nitro groups is 1. The predicted molar refractivity (Wildman–Crippen MR) is 105 cm³/mol. The maximum Gasteiger partial charge on any atom is 0.269 e. The Labute approximate surface area is 160 Å². The molecule has 4 rings (SSSR count). The third-order valence-corrected chi connectivity index (χ3v) is 4.84. The van der Waals surface area contributed by atoms with Gasteiger partial charge in [-0.3, -0.25) is 19.7 Å². The van der Waals surface area contributed by atoms with Crippen molar-refractivity contribution in [1.29, 1.82) is 0 Å². The first-order chi connectivity index (χ1) is 13.5. The zero-order chi connectivity index (χ0) is 19.7. The Bertz CT molecular complexity index is 1140. The highest BCUT2D eigenvalue weighted by molar-refractivity contribution is 6.07. The van der Waals surface area contributed by atoms with Crippen LogP contribution in [0.3, 0.4) is 0 Å². The predicted octanol–water partition coefficient (Wildman–Crippen LogP) is 3.01. The lowest BCUT2D eigenvalue weighted by Crippen LogP contribution is -2.30. The smallest absolute Gasteiger partial charge is 0.269 e. The molecular formula is C21H17N3O4. The van der Waals surface area contributed by atoms with Crippen LogP contribution in [0.1, 0.15) is 21.5 Å². The van der Waals surface area contributed by atoms with Crippen LogP contribution in [0, 0.1) is 10.1 Å². The van der Waals surface area contributed by atoms with Gasteiger partial charge in [0.1, 0.15) is 0 Å². The summed E-state index contributed by atoms with van der Waals surface area (Å²) >= 11 is 0. The number of non-ortho nitro benzene ring substituents is 1. The largest absolute Gasteiger partial charge is 0.310 e. The fraction of sp³-hybridized carbons (Fsp3) is 0.143. The Kier molecular flexibility index (Phi) is 4.49. The fourth-order valence-electron chi connectivity index (χ4n) is 3.45. The Balaban J connectivity index is 1.63. The lowest BCUT2D eigenvalue weighted by Gasteiger charge is -2.18. The second kappa shape index (κ2) is 7.11. The van der Waals surface area contributed by atoms with Crippen molar-refractivity contribution in [3.05, 3.63) is 104 Å². The first-order valence-corrected chi connectivity index (χ1v) is 8.86. The summed E-state index contributed by atoms with van der Waals surface area (Å²) in [6, 6.07) is 16.8. The van der Waals surface area contributed by atoms with Gasteiger partial charge in [0.05, 0.1) is 17.0 Å². The minimum absolute atomic E-state index is 0.0357. The lowest BCUT2D eigenvalue weighted by molar-refractivity contribution is -0.384. The summed E-state index contributed by atoms with van der Waals surface area (Å²) in [6.45, 7) is 0.750. The van der Waals surface area contributed by atoms with Gasteiger partial charge >= 0.3 is 0 Å². The van der Waals surface area contributed by atoms with Crippen molar-refractivity contribution in [2.24, 2.45) is 0 Å². The van der Waals surface area contributed by atoms with Gasteiger partial charge in [0.15, 0.2) is 0 Å². The van der Waals surface area contributed by atoms with Crippen LogP contribution in [0.2, 0.25) is 0 Å². The molecule has 0 radical (unpaired) electrons. The molecule has 1 aromatic heterocycles. The number of para-hydroxylation sites is 1. The molecule has 1 amide bonds. The van der Waals surface area contributed by atoms with Crippen molar-refractivity contribution in [3.8, 4) is 0 Å². The van der Waals surface area contributed by atoms with Gasteiger partial charge < -0.3 is 9.47 Å². The molecule has 0 N–H and O–H groups in total. The number of pyridine rings is 1. The molecule has 2 aromatic carbocycles. The maximum atomic E-state index is 13.0. The highest BCUT2D eigenvalue weighted by Crippen LogP contribution is 2.28. The van der Waals surface area contributed by atoms with Crippen molar-refractivity contribution in [2.45, 2.75) is 13.0 Å². The molecule has 0 unspecified atom stereocenters. The first kappa shape index (κ1) is 17.7. The number of rotatable bonds is 4. The Hall–Kier alpha value is -3.74. The minimum atomic E-state index is -0.475. The van der Waals surface area contributed by atoms with Crippen molar-refractivity contribution >= 4 is 17.3 Å². The topological polar surface area (TPSA) is 85.4 Å². The van der Waals surface area contributed by atoms with Crippen LogP contribution in [-0.4, -0.2) is 21.9 Å². The normalized spacial score (nSPS) is 12.6. The minimum Gasteiger partial charge on any atom is -0.310 e. The number of aromatic nitrogens is 1. The van der Waals surface area contributed by atoms with Crippen LogP contribution in [0.25, 0.3) is 0 Å². The van der Waals surface area contributed by atoms with E-state index in [1.807, 2.05) is 24.3 Å². The Morgan fingerprint density at radius 2 is 1.89 bits per heavy atom. The van der Waals surface area contributed by atoms with E-state index in [9.17, 15) is 19.7 Å². The number of amides is 1. The van der Waals surface area contributed by atoms with E-state index in [1.165, 1.54) is 35.0 Å². The number of anilines is 1. The summed E-state index contributed by atoms with van der Waals surface area (Å²) < 4.78 is 1.40. The van der Waals surface area contributed by atoms with Crippen LogP contribution in [0.15, 0.2) is 71.7 Å². The van der Waals surface area contributed by atoms with E-state index in [4.69, 9.17) is 0 Å². The van der Waals surface area contributed by atoms with Gasteiger partial charge in [-0.05, 0) is 29.7 Å². The second-order valence-corrected chi connectivity index (χ2v) is 6.65. The zero-order valence-electron chi connectivity index (χ0n) is 14.9. The number of nitrogens with zero attached hydrogens (tertiary/aromatic N) is 3. The van der Waals surface area contributed by atoms with Gasteiger partial charge in [-0.25, -0.2) is 0 Å². The van der Waals surface area contributed by atoms with Crippen molar-refractivity contribution < 1.29 is 9.72 Å². The molecule has 0 atom stereocenters. The number of carbonyl (C=O) groups is 1. The molecule has 28 heavy (non-hydrogen) atoms. The molecule has 2 heterocycles. The molecule has 0 bridgehead atoms. The van der Waals surface area contributed by atoms with E-state index in [-0.39, 0.29) is 23.7 Å². The molecule has 0 spiro atoms. The molecule has 7 nitrogen and oxygen atoms in total. The molecule has 1 aliphatic rings. The van der Waals surface area contributed by atoms with E-state index >= 15 is 0 Å². The van der Waals surface area contributed by atoms with Crippen molar-refractivity contribution in [2.75, 3.05) is 11.4 Å². The van der Waals surface area contributed by atoms with E-state index in [1.54, 1.807) is 17.0 Å². The molecular weight excluding hydrogens is 358 g/mol. The number of nitro benzene ring substituents is 1. The molecule has 0 saturated carbocycles. The average molecular weight is 375 g/mol. The van der Waals surface area contributed by atoms with E-state index in [2.05, 4.69) is 0 Å². The Morgan fingerprint density at radius 1 is 1.07 bits per heavy atom. The highest BCUT2D eigenvalue weighted by atomic mass is 16.6.